The molecule has 0 heterocycles. The first-order chi connectivity index (χ1) is 11.8. The van der Waals surface area contributed by atoms with Crippen molar-refractivity contribution in [1.29, 1.82) is 0 Å². The van der Waals surface area contributed by atoms with Gasteiger partial charge in [0.15, 0.2) is 11.6 Å². The maximum absolute atomic E-state index is 13.0. The second-order valence-corrected chi connectivity index (χ2v) is 9.65. The summed E-state index contributed by atoms with van der Waals surface area (Å²) >= 11 is 0. The third kappa shape index (κ3) is 2.28. The average Bonchev–Trinajstić information content (AvgIpc) is 2.93. The molecule has 0 saturated heterocycles. The van der Waals surface area contributed by atoms with E-state index in [9.17, 15) is 9.59 Å². The van der Waals surface area contributed by atoms with Crippen molar-refractivity contribution in [3.8, 4) is 0 Å². The van der Waals surface area contributed by atoms with Gasteiger partial charge >= 0.3 is 0 Å². The molecular formula is C23H32O2. The maximum Gasteiger partial charge on any atom is 0.159 e. The van der Waals surface area contributed by atoms with Crippen LogP contribution in [0, 0.1) is 34.5 Å². The second kappa shape index (κ2) is 5.66. The van der Waals surface area contributed by atoms with Gasteiger partial charge in [0, 0.05) is 18.4 Å². The molecule has 2 nitrogen and oxygen atoms in total. The summed E-state index contributed by atoms with van der Waals surface area (Å²) in [5.41, 5.74) is 2.72. The first-order valence-corrected chi connectivity index (χ1v) is 10.2. The van der Waals surface area contributed by atoms with Crippen LogP contribution in [0.3, 0.4) is 0 Å². The highest BCUT2D eigenvalue weighted by Gasteiger charge is 2.60. The highest BCUT2D eigenvalue weighted by Crippen LogP contribution is 2.66. The summed E-state index contributed by atoms with van der Waals surface area (Å²) in [6, 6.07) is 0. The molecule has 25 heavy (non-hydrogen) atoms. The molecule has 0 N–H and O–H groups in total. The van der Waals surface area contributed by atoms with Gasteiger partial charge in [0.05, 0.1) is 0 Å². The Bertz CT molecular complexity index is 684. The lowest BCUT2D eigenvalue weighted by Gasteiger charge is -2.57. The molecule has 3 fully saturated rings. The Balaban J connectivity index is 1.71. The molecule has 0 aromatic heterocycles. The second-order valence-electron chi connectivity index (χ2n) is 9.65. The van der Waals surface area contributed by atoms with Crippen LogP contribution in [0.4, 0.5) is 0 Å². The zero-order valence-electron chi connectivity index (χ0n) is 16.2. The van der Waals surface area contributed by atoms with Gasteiger partial charge in [0.25, 0.3) is 0 Å². The summed E-state index contributed by atoms with van der Waals surface area (Å²) in [5.74, 6) is 2.91. The Morgan fingerprint density at radius 2 is 1.88 bits per heavy atom. The van der Waals surface area contributed by atoms with Crippen molar-refractivity contribution < 1.29 is 9.59 Å². The number of ketones is 2. The van der Waals surface area contributed by atoms with Crippen LogP contribution in [0.25, 0.3) is 0 Å². The number of allylic oxidation sites excluding steroid dienone is 3. The van der Waals surface area contributed by atoms with E-state index in [2.05, 4.69) is 33.8 Å². The van der Waals surface area contributed by atoms with Crippen molar-refractivity contribution in [1.82, 2.24) is 0 Å². The van der Waals surface area contributed by atoms with Crippen LogP contribution in [0.5, 0.6) is 0 Å². The molecule has 6 atom stereocenters. The van der Waals surface area contributed by atoms with E-state index in [-0.39, 0.29) is 17.0 Å². The lowest BCUT2D eigenvalue weighted by molar-refractivity contribution is -0.131. The minimum Gasteiger partial charge on any atom is -0.295 e. The zero-order valence-corrected chi connectivity index (χ0v) is 16.2. The van der Waals surface area contributed by atoms with Crippen LogP contribution in [0.2, 0.25) is 0 Å². The molecule has 2 heteroatoms. The van der Waals surface area contributed by atoms with Gasteiger partial charge in [-0.3, -0.25) is 9.59 Å². The van der Waals surface area contributed by atoms with E-state index in [1.165, 1.54) is 25.7 Å². The van der Waals surface area contributed by atoms with E-state index < -0.39 is 0 Å². The predicted octanol–water partition coefficient (Wildman–Crippen LogP) is 5.28. The van der Waals surface area contributed by atoms with E-state index in [0.29, 0.717) is 41.9 Å². The first kappa shape index (κ1) is 17.2. The Morgan fingerprint density at radius 1 is 1.12 bits per heavy atom. The molecule has 0 aromatic carbocycles. The Morgan fingerprint density at radius 3 is 2.60 bits per heavy atom. The summed E-state index contributed by atoms with van der Waals surface area (Å²) in [6.07, 6.45) is 11.2. The minimum absolute atomic E-state index is 0.0526. The molecule has 6 unspecified atom stereocenters. The number of fused-ring (bicyclic) bond motifs is 5. The maximum atomic E-state index is 13.0. The Labute approximate surface area is 152 Å². The smallest absolute Gasteiger partial charge is 0.159 e. The summed E-state index contributed by atoms with van der Waals surface area (Å²) in [6.45, 7) is 9.25. The SMILES string of the molecule is C/C=C(\C)C1CCC2C3CC(=O)C4=CC(=O)CCC4(C)C3CCC12C. The summed E-state index contributed by atoms with van der Waals surface area (Å²) in [7, 11) is 0. The van der Waals surface area contributed by atoms with Gasteiger partial charge in [-0.1, -0.05) is 25.5 Å². The van der Waals surface area contributed by atoms with Crippen LogP contribution >= 0.6 is 0 Å². The molecule has 0 aliphatic heterocycles. The summed E-state index contributed by atoms with van der Waals surface area (Å²) < 4.78 is 0. The first-order valence-electron chi connectivity index (χ1n) is 10.2. The fourth-order valence-corrected chi connectivity index (χ4v) is 7.34. The van der Waals surface area contributed by atoms with Gasteiger partial charge in [-0.25, -0.2) is 0 Å². The number of carbonyl (C=O) groups is 2. The summed E-state index contributed by atoms with van der Waals surface area (Å²) in [5, 5.41) is 0. The Hall–Kier alpha value is -1.18. The van der Waals surface area contributed by atoms with Gasteiger partial charge in [0.2, 0.25) is 0 Å². The molecule has 4 aliphatic rings. The van der Waals surface area contributed by atoms with Crippen molar-refractivity contribution in [3.05, 3.63) is 23.3 Å². The van der Waals surface area contributed by atoms with Gasteiger partial charge < -0.3 is 0 Å². The number of carbonyl (C=O) groups excluding carboxylic acids is 2. The van der Waals surface area contributed by atoms with Crippen LogP contribution in [-0.2, 0) is 9.59 Å². The van der Waals surface area contributed by atoms with Crippen molar-refractivity contribution in [2.45, 2.75) is 72.6 Å². The highest BCUT2D eigenvalue weighted by molar-refractivity contribution is 6.05. The topological polar surface area (TPSA) is 34.1 Å². The molecule has 4 rings (SSSR count). The largest absolute Gasteiger partial charge is 0.295 e. The molecule has 0 aromatic rings. The van der Waals surface area contributed by atoms with Crippen LogP contribution < -0.4 is 0 Å². The molecule has 136 valence electrons. The van der Waals surface area contributed by atoms with Gasteiger partial charge in [-0.05, 0) is 86.5 Å². The number of Topliss-reactive ketones (excluding diaryl/α,β-unsaturated/α-hetero) is 1. The predicted molar refractivity (Wildman–Crippen MR) is 100 cm³/mol. The molecule has 0 amide bonds. The van der Waals surface area contributed by atoms with Crippen LogP contribution in [0.1, 0.15) is 72.6 Å². The number of hydrogen-bond acceptors (Lipinski definition) is 2. The fraction of sp³-hybridized carbons (Fsp3) is 0.739. The lowest BCUT2D eigenvalue weighted by atomic mass is 9.46. The van der Waals surface area contributed by atoms with Crippen molar-refractivity contribution >= 4 is 11.6 Å². The molecular weight excluding hydrogens is 308 g/mol. The molecule has 3 saturated carbocycles. The molecule has 4 aliphatic carbocycles. The van der Waals surface area contributed by atoms with E-state index in [0.717, 1.165) is 12.0 Å². The molecule has 0 spiro atoms. The molecule has 0 bridgehead atoms. The lowest BCUT2D eigenvalue weighted by Crippen LogP contribution is -2.52. The van der Waals surface area contributed by atoms with E-state index in [1.807, 2.05) is 0 Å². The van der Waals surface area contributed by atoms with Gasteiger partial charge in [-0.2, -0.15) is 0 Å². The highest BCUT2D eigenvalue weighted by atomic mass is 16.1. The minimum atomic E-state index is -0.0526. The normalized spacial score (nSPS) is 47.0. The van der Waals surface area contributed by atoms with Crippen molar-refractivity contribution in [2.75, 3.05) is 0 Å². The monoisotopic (exact) mass is 340 g/mol. The van der Waals surface area contributed by atoms with Gasteiger partial charge in [0.1, 0.15) is 0 Å². The third-order valence-electron chi connectivity index (χ3n) is 8.79. The Kier molecular flexibility index (Phi) is 3.90. The van der Waals surface area contributed by atoms with E-state index in [4.69, 9.17) is 0 Å². The average molecular weight is 341 g/mol. The van der Waals surface area contributed by atoms with E-state index in [1.54, 1.807) is 11.6 Å². The summed E-state index contributed by atoms with van der Waals surface area (Å²) in [4.78, 5) is 24.9. The fourth-order valence-electron chi connectivity index (χ4n) is 7.34. The number of hydrogen-bond donors (Lipinski definition) is 0. The number of rotatable bonds is 1. The molecule has 0 radical (unpaired) electrons. The third-order valence-corrected chi connectivity index (χ3v) is 8.79. The van der Waals surface area contributed by atoms with Crippen LogP contribution in [0.15, 0.2) is 23.3 Å². The quantitative estimate of drug-likeness (QED) is 0.609. The van der Waals surface area contributed by atoms with Gasteiger partial charge in [-0.15, -0.1) is 0 Å². The van der Waals surface area contributed by atoms with Crippen LogP contribution in [-0.4, -0.2) is 11.6 Å². The van der Waals surface area contributed by atoms with E-state index >= 15 is 0 Å². The van der Waals surface area contributed by atoms with Crippen molar-refractivity contribution in [3.63, 3.8) is 0 Å². The zero-order chi connectivity index (χ0) is 18.0. The standard InChI is InChI=1S/C23H32O2/c1-5-14(2)17-6-7-18-16-13-21(25)20-12-15(24)8-10-23(20,4)19(16)9-11-22(17,18)3/h5,12,16-19H,6-11,13H2,1-4H3/b14-5+. The van der Waals surface area contributed by atoms with Crippen molar-refractivity contribution in [2.24, 2.45) is 34.5 Å².